The first-order chi connectivity index (χ1) is 8.79. The molecule has 3 nitrogen and oxygen atoms in total. The second-order valence-corrected chi connectivity index (χ2v) is 4.94. The number of hydrogen-bond acceptors (Lipinski definition) is 3. The van der Waals surface area contributed by atoms with Crippen LogP contribution in [0.1, 0.15) is 30.9 Å². The van der Waals surface area contributed by atoms with Crippen LogP contribution in [0.4, 0.5) is 0 Å². The molecule has 18 heavy (non-hydrogen) atoms. The topological polar surface area (TPSA) is 21.7 Å². The highest BCUT2D eigenvalue weighted by Crippen LogP contribution is 2.18. The summed E-state index contributed by atoms with van der Waals surface area (Å²) < 4.78 is 11.6. The summed E-state index contributed by atoms with van der Waals surface area (Å²) >= 11 is 0. The Hall–Kier alpha value is -0.900. The van der Waals surface area contributed by atoms with Gasteiger partial charge in [-0.1, -0.05) is 37.6 Å². The van der Waals surface area contributed by atoms with Crippen molar-refractivity contribution in [2.45, 2.75) is 39.3 Å². The van der Waals surface area contributed by atoms with Crippen molar-refractivity contribution in [1.29, 1.82) is 0 Å². The monoisotopic (exact) mass is 249 g/mol. The van der Waals surface area contributed by atoms with E-state index in [1.807, 2.05) is 0 Å². The molecule has 1 aliphatic heterocycles. The van der Waals surface area contributed by atoms with Crippen molar-refractivity contribution in [1.82, 2.24) is 4.90 Å². The van der Waals surface area contributed by atoms with E-state index in [2.05, 4.69) is 43.1 Å². The largest absolute Gasteiger partial charge is 0.347 e. The van der Waals surface area contributed by atoms with E-state index in [0.29, 0.717) is 13.2 Å². The Morgan fingerprint density at radius 3 is 2.33 bits per heavy atom. The predicted octanol–water partition coefficient (Wildman–Crippen LogP) is 2.79. The maximum Gasteiger partial charge on any atom is 0.171 e. The highest BCUT2D eigenvalue weighted by atomic mass is 16.7. The first-order valence-corrected chi connectivity index (χ1v) is 6.78. The number of likely N-dealkylation sites (N-methyl/N-ethyl adjacent to an activating group) is 1. The average molecular weight is 249 g/mol. The first-order valence-electron chi connectivity index (χ1n) is 6.78. The minimum atomic E-state index is -0.112. The van der Waals surface area contributed by atoms with Crippen LogP contribution in [0.15, 0.2) is 24.3 Å². The summed E-state index contributed by atoms with van der Waals surface area (Å²) in [6, 6.07) is 8.33. The smallest absolute Gasteiger partial charge is 0.171 e. The van der Waals surface area contributed by atoms with Gasteiger partial charge in [0.2, 0.25) is 0 Å². The summed E-state index contributed by atoms with van der Waals surface area (Å²) in [4.78, 5) is 2.28. The molecule has 0 aromatic heterocycles. The highest BCUT2D eigenvalue weighted by molar-refractivity contribution is 5.26. The summed E-state index contributed by atoms with van der Waals surface area (Å²) in [5.74, 6) is 0. The Morgan fingerprint density at radius 2 is 1.78 bits per heavy atom. The van der Waals surface area contributed by atoms with Crippen LogP contribution in [0.3, 0.4) is 0 Å². The molecule has 1 heterocycles. The van der Waals surface area contributed by atoms with Crippen LogP contribution in [-0.4, -0.2) is 31.3 Å². The Kier molecular flexibility index (Phi) is 5.17. The molecule has 0 spiro atoms. The lowest BCUT2D eigenvalue weighted by Crippen LogP contribution is -2.32. The molecule has 0 radical (unpaired) electrons. The molecule has 0 unspecified atom stereocenters. The van der Waals surface area contributed by atoms with E-state index >= 15 is 0 Å². The minimum absolute atomic E-state index is 0.112. The van der Waals surface area contributed by atoms with E-state index in [1.165, 1.54) is 24.0 Å². The van der Waals surface area contributed by atoms with Crippen LogP contribution < -0.4 is 0 Å². The maximum absolute atomic E-state index is 5.82. The van der Waals surface area contributed by atoms with Gasteiger partial charge in [-0.2, -0.15) is 0 Å². The summed E-state index contributed by atoms with van der Waals surface area (Å²) in [6.45, 7) is 5.47. The van der Waals surface area contributed by atoms with Crippen molar-refractivity contribution >= 4 is 0 Å². The van der Waals surface area contributed by atoms with Gasteiger partial charge < -0.3 is 14.4 Å². The fourth-order valence-electron chi connectivity index (χ4n) is 2.13. The zero-order chi connectivity index (χ0) is 12.8. The van der Waals surface area contributed by atoms with Crippen LogP contribution in [0, 0.1) is 0 Å². The molecule has 1 aromatic rings. The van der Waals surface area contributed by atoms with Gasteiger partial charge in [0.25, 0.3) is 0 Å². The second kappa shape index (κ2) is 6.88. The van der Waals surface area contributed by atoms with E-state index in [1.54, 1.807) is 0 Å². The van der Waals surface area contributed by atoms with Gasteiger partial charge >= 0.3 is 0 Å². The Balaban J connectivity index is 1.84. The van der Waals surface area contributed by atoms with Gasteiger partial charge in [0, 0.05) is 6.54 Å². The maximum atomic E-state index is 5.82. The lowest BCUT2D eigenvalue weighted by molar-refractivity contribution is -0.157. The molecule has 0 amide bonds. The number of hydrogen-bond donors (Lipinski definition) is 0. The van der Waals surface area contributed by atoms with Crippen LogP contribution in [0.5, 0.6) is 0 Å². The summed E-state index contributed by atoms with van der Waals surface area (Å²) in [5.41, 5.74) is 2.49. The summed E-state index contributed by atoms with van der Waals surface area (Å²) in [5, 5.41) is 0. The standard InChI is InChI=1S/C15H23NO2/c1-3-4-9-16(2)10-15-17-11-13-7-5-6-8-14(13)12-18-15/h5-8,15H,3-4,9-12H2,1-2H3. The Bertz CT molecular complexity index is 340. The fraction of sp³-hybridized carbons (Fsp3) is 0.600. The zero-order valence-corrected chi connectivity index (χ0v) is 11.4. The molecule has 0 N–H and O–H groups in total. The number of nitrogens with zero attached hydrogens (tertiary/aromatic N) is 1. The van der Waals surface area contributed by atoms with Crippen molar-refractivity contribution in [2.75, 3.05) is 20.1 Å². The molecular weight excluding hydrogens is 226 g/mol. The SMILES string of the molecule is CCCCN(C)CC1OCc2ccccc2CO1. The molecule has 2 rings (SSSR count). The zero-order valence-electron chi connectivity index (χ0n) is 11.4. The van der Waals surface area contributed by atoms with Gasteiger partial charge in [-0.15, -0.1) is 0 Å². The number of rotatable bonds is 5. The van der Waals surface area contributed by atoms with Gasteiger partial charge in [0.15, 0.2) is 6.29 Å². The van der Waals surface area contributed by atoms with Crippen molar-refractivity contribution in [3.05, 3.63) is 35.4 Å². The van der Waals surface area contributed by atoms with Crippen LogP contribution in [0.25, 0.3) is 0 Å². The van der Waals surface area contributed by atoms with Crippen molar-refractivity contribution in [3.8, 4) is 0 Å². The van der Waals surface area contributed by atoms with Crippen LogP contribution >= 0.6 is 0 Å². The Morgan fingerprint density at radius 1 is 1.17 bits per heavy atom. The molecule has 0 fully saturated rings. The molecular formula is C15H23NO2. The first kappa shape index (κ1) is 13.5. The highest BCUT2D eigenvalue weighted by Gasteiger charge is 2.17. The molecule has 3 heteroatoms. The van der Waals surface area contributed by atoms with Crippen LogP contribution in [0.2, 0.25) is 0 Å². The van der Waals surface area contributed by atoms with E-state index in [-0.39, 0.29) is 6.29 Å². The van der Waals surface area contributed by atoms with E-state index < -0.39 is 0 Å². The molecule has 1 aromatic carbocycles. The van der Waals surface area contributed by atoms with Gasteiger partial charge in [-0.25, -0.2) is 0 Å². The number of fused-ring (bicyclic) bond motifs is 1. The average Bonchev–Trinajstić information content (AvgIpc) is 2.59. The molecule has 0 atom stereocenters. The molecule has 0 bridgehead atoms. The minimum Gasteiger partial charge on any atom is -0.347 e. The lowest BCUT2D eigenvalue weighted by Gasteiger charge is -2.22. The van der Waals surface area contributed by atoms with Gasteiger partial charge in [0.05, 0.1) is 13.2 Å². The predicted molar refractivity (Wildman–Crippen MR) is 72.2 cm³/mol. The summed E-state index contributed by atoms with van der Waals surface area (Å²) in [7, 11) is 2.13. The quantitative estimate of drug-likeness (QED) is 0.801. The fourth-order valence-corrected chi connectivity index (χ4v) is 2.13. The third-order valence-electron chi connectivity index (χ3n) is 3.32. The third-order valence-corrected chi connectivity index (χ3v) is 3.32. The Labute approximate surface area is 110 Å². The second-order valence-electron chi connectivity index (χ2n) is 4.94. The van der Waals surface area contributed by atoms with Gasteiger partial charge in [-0.3, -0.25) is 0 Å². The van der Waals surface area contributed by atoms with Gasteiger partial charge in [-0.05, 0) is 31.1 Å². The number of benzene rings is 1. The van der Waals surface area contributed by atoms with E-state index in [9.17, 15) is 0 Å². The van der Waals surface area contributed by atoms with Crippen molar-refractivity contribution < 1.29 is 9.47 Å². The van der Waals surface area contributed by atoms with E-state index in [0.717, 1.165) is 13.1 Å². The normalized spacial score (nSPS) is 16.6. The lowest BCUT2D eigenvalue weighted by atomic mass is 10.1. The molecule has 0 saturated heterocycles. The summed E-state index contributed by atoms with van der Waals surface area (Å²) in [6.07, 6.45) is 2.34. The van der Waals surface area contributed by atoms with Crippen molar-refractivity contribution in [3.63, 3.8) is 0 Å². The van der Waals surface area contributed by atoms with Gasteiger partial charge in [0.1, 0.15) is 0 Å². The number of ether oxygens (including phenoxy) is 2. The third kappa shape index (κ3) is 3.80. The number of unbranched alkanes of at least 4 members (excludes halogenated alkanes) is 1. The molecule has 100 valence electrons. The van der Waals surface area contributed by atoms with E-state index in [4.69, 9.17) is 9.47 Å². The molecule has 1 aliphatic rings. The molecule has 0 saturated carbocycles. The van der Waals surface area contributed by atoms with Crippen molar-refractivity contribution in [2.24, 2.45) is 0 Å². The molecule has 0 aliphatic carbocycles. The van der Waals surface area contributed by atoms with Crippen LogP contribution in [-0.2, 0) is 22.7 Å².